The van der Waals surface area contributed by atoms with Gasteiger partial charge in [0.2, 0.25) is 0 Å². The third kappa shape index (κ3) is 8.24. The second-order valence-corrected chi connectivity index (χ2v) is 10.4. The molecule has 10 nitrogen and oxygen atoms in total. The molecule has 0 spiro atoms. The molecule has 5 aromatic rings. The summed E-state index contributed by atoms with van der Waals surface area (Å²) in [5, 5.41) is 16.4. The molecule has 0 radical (unpaired) electrons. The lowest BCUT2D eigenvalue weighted by atomic mass is 10.1. The number of thiophene rings is 1. The van der Waals surface area contributed by atoms with Gasteiger partial charge in [0.25, 0.3) is 0 Å². The average Bonchev–Trinajstić information content (AvgIpc) is 3.61. The number of pyridine rings is 1. The molecule has 0 atom stereocenters. The molecule has 45 heavy (non-hydrogen) atoms. The molecule has 1 aliphatic rings. The van der Waals surface area contributed by atoms with Crippen LogP contribution in [0.1, 0.15) is 0 Å². The number of likely N-dealkylation sites (N-methyl/N-ethyl adjacent to an activating group) is 1. The molecule has 1 aliphatic heterocycles. The molecule has 1 aromatic carbocycles. The Hall–Kier alpha value is -4.77. The number of piperazine rings is 1. The van der Waals surface area contributed by atoms with Gasteiger partial charge in [-0.3, -0.25) is 9.38 Å². The van der Waals surface area contributed by atoms with Crippen LogP contribution in [0.2, 0.25) is 0 Å². The van der Waals surface area contributed by atoms with Crippen LogP contribution in [0.25, 0.3) is 38.4 Å². The van der Waals surface area contributed by atoms with Gasteiger partial charge in [0, 0.05) is 61.4 Å². The number of alkyl halides is 6. The van der Waals surface area contributed by atoms with Gasteiger partial charge in [-0.05, 0) is 42.4 Å². The lowest BCUT2D eigenvalue weighted by Gasteiger charge is -2.34. The fourth-order valence-electron chi connectivity index (χ4n) is 4.24. The lowest BCUT2D eigenvalue weighted by molar-refractivity contribution is -0.193. The third-order valence-corrected chi connectivity index (χ3v) is 7.43. The maximum absolute atomic E-state index is 10.6. The number of carboxylic acids is 2. The third-order valence-electron chi connectivity index (χ3n) is 6.55. The highest BCUT2D eigenvalue weighted by Crippen LogP contribution is 2.33. The topological polar surface area (TPSA) is 124 Å². The number of carbonyl (C=O) groups is 2. The number of nitrogens with zero attached hydrogens (tertiary/aromatic N) is 6. The summed E-state index contributed by atoms with van der Waals surface area (Å²) in [4.78, 5) is 37.2. The van der Waals surface area contributed by atoms with Gasteiger partial charge in [-0.2, -0.15) is 26.3 Å². The van der Waals surface area contributed by atoms with Gasteiger partial charge in [0.1, 0.15) is 16.0 Å². The van der Waals surface area contributed by atoms with E-state index in [2.05, 4.69) is 84.2 Å². The Morgan fingerprint density at radius 3 is 1.98 bits per heavy atom. The number of aromatic nitrogens is 4. The van der Waals surface area contributed by atoms with Crippen LogP contribution in [0.3, 0.4) is 0 Å². The smallest absolute Gasteiger partial charge is 0.475 e. The number of anilines is 1. The van der Waals surface area contributed by atoms with Gasteiger partial charge in [-0.15, -0.1) is 11.3 Å². The Kier molecular flexibility index (Phi) is 9.92. The first-order chi connectivity index (χ1) is 21.1. The number of fused-ring (bicyclic) bond motifs is 2. The highest BCUT2D eigenvalue weighted by Gasteiger charge is 2.38. The molecule has 0 amide bonds. The standard InChI is InChI=1S/C24H22N6S.2C2HF3O2/c1-28-10-12-29(13-11-28)19-4-2-17(3-5-19)18-6-9-30-21(15-27-22(30)14-18)20-16-31-24-23(20)25-7-8-26-24;2*3-2(4,5)1(6)7/h2-9,14-16H,10-13H2,1H3;2*(H,6,7). The van der Waals surface area contributed by atoms with E-state index in [4.69, 9.17) is 19.8 Å². The van der Waals surface area contributed by atoms with E-state index in [-0.39, 0.29) is 0 Å². The van der Waals surface area contributed by atoms with Crippen LogP contribution in [0.15, 0.2) is 66.6 Å². The minimum atomic E-state index is -5.08. The van der Waals surface area contributed by atoms with Crippen LogP contribution in [-0.4, -0.2) is 92.0 Å². The van der Waals surface area contributed by atoms with E-state index in [0.29, 0.717) is 0 Å². The average molecular weight is 655 g/mol. The summed E-state index contributed by atoms with van der Waals surface area (Å²) < 4.78 is 65.6. The van der Waals surface area contributed by atoms with E-state index in [1.807, 2.05) is 6.20 Å². The minimum Gasteiger partial charge on any atom is -0.475 e. The number of carboxylic acid groups (broad SMARTS) is 2. The molecule has 6 rings (SSSR count). The SMILES string of the molecule is CN1CCN(c2ccc(-c3ccn4c(-c5csc6nccnc56)cnc4c3)cc2)CC1.O=C(O)C(F)(F)F.O=C(O)C(F)(F)F. The van der Waals surface area contributed by atoms with Crippen LogP contribution >= 0.6 is 11.3 Å². The second kappa shape index (κ2) is 13.5. The molecular weight excluding hydrogens is 630 g/mol. The maximum Gasteiger partial charge on any atom is 0.490 e. The Morgan fingerprint density at radius 1 is 0.822 bits per heavy atom. The maximum atomic E-state index is 10.6. The van der Waals surface area contributed by atoms with Gasteiger partial charge in [0.15, 0.2) is 0 Å². The van der Waals surface area contributed by atoms with E-state index in [9.17, 15) is 26.3 Å². The van der Waals surface area contributed by atoms with E-state index in [1.165, 1.54) is 16.8 Å². The van der Waals surface area contributed by atoms with Crippen molar-refractivity contribution in [2.45, 2.75) is 12.4 Å². The highest BCUT2D eigenvalue weighted by molar-refractivity contribution is 7.17. The van der Waals surface area contributed by atoms with Crippen molar-refractivity contribution in [1.29, 1.82) is 0 Å². The number of benzene rings is 1. The number of hydrogen-bond donors (Lipinski definition) is 2. The summed E-state index contributed by atoms with van der Waals surface area (Å²) in [6, 6.07) is 13.2. The van der Waals surface area contributed by atoms with Crippen molar-refractivity contribution in [3.63, 3.8) is 0 Å². The molecular formula is C28H24F6N6O4S. The number of rotatable bonds is 3. The molecule has 0 saturated carbocycles. The number of hydrogen-bond acceptors (Lipinski definition) is 8. The van der Waals surface area contributed by atoms with E-state index >= 15 is 0 Å². The number of halogens is 6. The Labute approximate surface area is 254 Å². The zero-order chi connectivity index (χ0) is 32.9. The van der Waals surface area contributed by atoms with E-state index in [1.54, 1.807) is 23.7 Å². The fraction of sp³-hybridized carbons (Fsp3) is 0.250. The first-order valence-electron chi connectivity index (χ1n) is 12.9. The lowest BCUT2D eigenvalue weighted by Crippen LogP contribution is -2.44. The fourth-order valence-corrected chi connectivity index (χ4v) is 5.10. The molecule has 0 bridgehead atoms. The van der Waals surface area contributed by atoms with E-state index in [0.717, 1.165) is 53.4 Å². The minimum absolute atomic E-state index is 0.929. The van der Waals surface area contributed by atoms with Crippen molar-refractivity contribution >= 4 is 45.0 Å². The van der Waals surface area contributed by atoms with Crippen molar-refractivity contribution in [2.75, 3.05) is 38.1 Å². The second-order valence-electron chi connectivity index (χ2n) is 9.59. The normalized spacial score (nSPS) is 14.0. The number of imidazole rings is 1. The van der Waals surface area contributed by atoms with Crippen molar-refractivity contribution < 1.29 is 46.1 Å². The Balaban J connectivity index is 0.000000277. The quantitative estimate of drug-likeness (QED) is 0.236. The zero-order valence-corrected chi connectivity index (χ0v) is 24.1. The monoisotopic (exact) mass is 654 g/mol. The molecule has 0 unspecified atom stereocenters. The summed E-state index contributed by atoms with van der Waals surface area (Å²) in [6.45, 7) is 4.40. The molecule has 5 heterocycles. The molecule has 2 N–H and O–H groups in total. The summed E-state index contributed by atoms with van der Waals surface area (Å²) in [5.74, 6) is -5.51. The van der Waals surface area contributed by atoms with Gasteiger partial charge in [-0.25, -0.2) is 19.6 Å². The molecule has 238 valence electrons. The van der Waals surface area contributed by atoms with Gasteiger partial charge in [-0.1, -0.05) is 12.1 Å². The molecule has 1 fully saturated rings. The molecule has 0 aliphatic carbocycles. The Bertz CT molecular complexity index is 1760. The van der Waals surface area contributed by atoms with Crippen molar-refractivity contribution in [2.24, 2.45) is 0 Å². The van der Waals surface area contributed by atoms with Gasteiger partial charge in [0.05, 0.1) is 11.9 Å². The summed E-state index contributed by atoms with van der Waals surface area (Å²) in [5.41, 5.74) is 7.65. The van der Waals surface area contributed by atoms with Crippen LogP contribution < -0.4 is 4.90 Å². The predicted octanol–water partition coefficient (Wildman–Crippen LogP) is 5.69. The first-order valence-corrected chi connectivity index (χ1v) is 13.8. The van der Waals surface area contributed by atoms with Crippen molar-refractivity contribution in [3.8, 4) is 22.4 Å². The molecule has 1 saturated heterocycles. The molecule has 4 aromatic heterocycles. The van der Waals surface area contributed by atoms with Crippen LogP contribution in [-0.2, 0) is 9.59 Å². The predicted molar refractivity (Wildman–Crippen MR) is 154 cm³/mol. The van der Waals surface area contributed by atoms with Crippen LogP contribution in [0, 0.1) is 0 Å². The van der Waals surface area contributed by atoms with Crippen LogP contribution in [0.5, 0.6) is 0 Å². The van der Waals surface area contributed by atoms with Gasteiger partial charge >= 0.3 is 24.3 Å². The van der Waals surface area contributed by atoms with Crippen molar-refractivity contribution in [1.82, 2.24) is 24.3 Å². The summed E-state index contributed by atoms with van der Waals surface area (Å²) >= 11 is 1.61. The van der Waals surface area contributed by atoms with Gasteiger partial charge < -0.3 is 20.0 Å². The zero-order valence-electron chi connectivity index (χ0n) is 23.2. The Morgan fingerprint density at radius 2 is 1.40 bits per heavy atom. The molecule has 17 heteroatoms. The van der Waals surface area contributed by atoms with Crippen molar-refractivity contribution in [3.05, 3.63) is 66.6 Å². The highest BCUT2D eigenvalue weighted by atomic mass is 32.1. The summed E-state index contributed by atoms with van der Waals surface area (Å²) in [6.07, 6.45) is -2.67. The largest absolute Gasteiger partial charge is 0.490 e. The summed E-state index contributed by atoms with van der Waals surface area (Å²) in [7, 11) is 2.19. The van der Waals surface area contributed by atoms with E-state index < -0.39 is 24.3 Å². The van der Waals surface area contributed by atoms with Crippen LogP contribution in [0.4, 0.5) is 32.0 Å². The number of aliphatic carboxylic acids is 2. The first kappa shape index (κ1) is 33.1.